The maximum absolute atomic E-state index is 11.8. The number of nitrogens with zero attached hydrogens (tertiary/aromatic N) is 1. The van der Waals surface area contributed by atoms with Crippen molar-refractivity contribution in [2.75, 3.05) is 32.3 Å². The summed E-state index contributed by atoms with van der Waals surface area (Å²) >= 11 is 5.64. The number of likely N-dealkylation sites (N-methyl/N-ethyl adjacent to an activating group) is 1. The first-order valence-corrected chi connectivity index (χ1v) is 8.21. The summed E-state index contributed by atoms with van der Waals surface area (Å²) in [6.07, 6.45) is 3.30. The first-order valence-electron chi connectivity index (χ1n) is 6.02. The summed E-state index contributed by atoms with van der Waals surface area (Å²) in [6.45, 7) is 2.36. The highest BCUT2D eigenvalue weighted by molar-refractivity contribution is 7.89. The molecular formula is C11H23ClN2O2S. The third-order valence-electron chi connectivity index (χ3n) is 3.62. The minimum Gasteiger partial charge on any atom is -0.302 e. The van der Waals surface area contributed by atoms with Crippen LogP contribution in [0, 0.1) is 5.92 Å². The molecule has 17 heavy (non-hydrogen) atoms. The average Bonchev–Trinajstić information content (AvgIpc) is 2.14. The van der Waals surface area contributed by atoms with Crippen molar-refractivity contribution in [3.8, 4) is 0 Å². The van der Waals surface area contributed by atoms with E-state index in [-0.39, 0.29) is 17.2 Å². The molecule has 0 spiro atoms. The van der Waals surface area contributed by atoms with Crippen LogP contribution in [0.5, 0.6) is 0 Å². The van der Waals surface area contributed by atoms with Crippen LogP contribution in [0.3, 0.4) is 0 Å². The highest BCUT2D eigenvalue weighted by Crippen LogP contribution is 2.35. The molecule has 102 valence electrons. The molecule has 1 aliphatic carbocycles. The number of rotatable bonds is 7. The normalized spacial score (nSPS) is 21.2. The van der Waals surface area contributed by atoms with E-state index in [2.05, 4.69) is 9.62 Å². The van der Waals surface area contributed by atoms with E-state index in [0.29, 0.717) is 12.4 Å². The largest absolute Gasteiger partial charge is 0.302 e. The first kappa shape index (κ1) is 15.2. The first-order chi connectivity index (χ1) is 7.81. The van der Waals surface area contributed by atoms with Crippen molar-refractivity contribution in [3.05, 3.63) is 0 Å². The highest BCUT2D eigenvalue weighted by atomic mass is 35.5. The monoisotopic (exact) mass is 282 g/mol. The van der Waals surface area contributed by atoms with Gasteiger partial charge < -0.3 is 4.90 Å². The number of nitrogens with one attached hydrogen (secondary N) is 1. The highest BCUT2D eigenvalue weighted by Gasteiger charge is 2.39. The lowest BCUT2D eigenvalue weighted by Crippen LogP contribution is -2.57. The van der Waals surface area contributed by atoms with E-state index >= 15 is 0 Å². The molecule has 0 aromatic rings. The van der Waals surface area contributed by atoms with E-state index in [0.717, 1.165) is 12.8 Å². The van der Waals surface area contributed by atoms with Gasteiger partial charge in [0.15, 0.2) is 0 Å². The molecule has 6 heteroatoms. The molecule has 0 aromatic heterocycles. The van der Waals surface area contributed by atoms with E-state index in [9.17, 15) is 8.42 Å². The summed E-state index contributed by atoms with van der Waals surface area (Å²) in [7, 11) is 0.821. The lowest BCUT2D eigenvalue weighted by atomic mass is 9.76. The summed E-state index contributed by atoms with van der Waals surface area (Å²) in [5.74, 6) is 0.477. The van der Waals surface area contributed by atoms with Crippen molar-refractivity contribution in [1.29, 1.82) is 0 Å². The molecule has 0 heterocycles. The van der Waals surface area contributed by atoms with Crippen molar-refractivity contribution in [2.24, 2.45) is 5.92 Å². The lowest BCUT2D eigenvalue weighted by molar-refractivity contribution is 0.0656. The van der Waals surface area contributed by atoms with E-state index in [4.69, 9.17) is 11.6 Å². The smallest absolute Gasteiger partial charge is 0.211 e. The number of alkyl halides is 1. The topological polar surface area (TPSA) is 49.4 Å². The molecule has 1 saturated carbocycles. The molecule has 1 unspecified atom stereocenters. The Kier molecular flexibility index (Phi) is 5.25. The molecular weight excluding hydrogens is 260 g/mol. The molecule has 1 N–H and O–H groups in total. The molecule has 0 aliphatic heterocycles. The molecule has 1 fully saturated rings. The Balaban J connectivity index is 2.49. The van der Waals surface area contributed by atoms with Gasteiger partial charge in [0.2, 0.25) is 10.0 Å². The Morgan fingerprint density at radius 1 is 1.41 bits per heavy atom. The van der Waals surface area contributed by atoms with Crippen LogP contribution in [0.1, 0.15) is 26.2 Å². The Labute approximate surface area is 110 Å². The zero-order valence-corrected chi connectivity index (χ0v) is 12.4. The fourth-order valence-corrected chi connectivity index (χ4v) is 3.80. The van der Waals surface area contributed by atoms with Crippen LogP contribution in [-0.2, 0) is 10.0 Å². The zero-order chi connectivity index (χ0) is 13.1. The van der Waals surface area contributed by atoms with Gasteiger partial charge in [-0.25, -0.2) is 13.1 Å². The number of halogens is 1. The van der Waals surface area contributed by atoms with Crippen LogP contribution < -0.4 is 4.72 Å². The molecule has 0 bridgehead atoms. The van der Waals surface area contributed by atoms with Crippen LogP contribution in [0.2, 0.25) is 0 Å². The van der Waals surface area contributed by atoms with Crippen LogP contribution >= 0.6 is 11.6 Å². The van der Waals surface area contributed by atoms with Gasteiger partial charge in [-0.3, -0.25) is 0 Å². The van der Waals surface area contributed by atoms with E-state index in [1.54, 1.807) is 0 Å². The van der Waals surface area contributed by atoms with E-state index < -0.39 is 10.0 Å². The maximum Gasteiger partial charge on any atom is 0.211 e. The molecule has 4 nitrogen and oxygen atoms in total. The van der Waals surface area contributed by atoms with Gasteiger partial charge in [0.05, 0.1) is 5.75 Å². The van der Waals surface area contributed by atoms with Crippen molar-refractivity contribution in [3.63, 3.8) is 0 Å². The van der Waals surface area contributed by atoms with Gasteiger partial charge in [0.25, 0.3) is 0 Å². The predicted molar refractivity (Wildman–Crippen MR) is 71.9 cm³/mol. The van der Waals surface area contributed by atoms with Crippen molar-refractivity contribution in [1.82, 2.24) is 9.62 Å². The van der Waals surface area contributed by atoms with Gasteiger partial charge in [-0.2, -0.15) is 0 Å². The van der Waals surface area contributed by atoms with Crippen LogP contribution in [0.4, 0.5) is 0 Å². The molecule has 1 aliphatic rings. The zero-order valence-electron chi connectivity index (χ0n) is 10.9. The summed E-state index contributed by atoms with van der Waals surface area (Å²) < 4.78 is 26.4. The Bertz CT molecular complexity index is 339. The van der Waals surface area contributed by atoms with Gasteiger partial charge in [-0.05, 0) is 39.3 Å². The van der Waals surface area contributed by atoms with Gasteiger partial charge >= 0.3 is 0 Å². The second-order valence-corrected chi connectivity index (χ2v) is 7.49. The van der Waals surface area contributed by atoms with Crippen molar-refractivity contribution >= 4 is 21.6 Å². The second-order valence-electron chi connectivity index (χ2n) is 5.33. The summed E-state index contributed by atoms with van der Waals surface area (Å²) in [4.78, 5) is 2.13. The maximum atomic E-state index is 11.8. The third kappa shape index (κ3) is 4.09. The quantitative estimate of drug-likeness (QED) is 0.716. The average molecular weight is 283 g/mol. The predicted octanol–water partition coefficient (Wildman–Crippen LogP) is 1.26. The number of sulfonamides is 1. The van der Waals surface area contributed by atoms with Crippen LogP contribution in [0.15, 0.2) is 0 Å². The SMILES string of the molecule is CC(CCl)CS(=O)(=O)NCC1(N(C)C)CCC1. The lowest BCUT2D eigenvalue weighted by Gasteiger charge is -2.47. The van der Waals surface area contributed by atoms with E-state index in [1.807, 2.05) is 21.0 Å². The third-order valence-corrected chi connectivity index (χ3v) is 5.74. The van der Waals surface area contributed by atoms with Gasteiger partial charge in [0.1, 0.15) is 0 Å². The van der Waals surface area contributed by atoms with Crippen molar-refractivity contribution < 1.29 is 8.42 Å². The molecule has 0 amide bonds. The Morgan fingerprint density at radius 3 is 2.35 bits per heavy atom. The minimum absolute atomic E-state index is 0.00846. The fraction of sp³-hybridized carbons (Fsp3) is 1.00. The van der Waals surface area contributed by atoms with Crippen LogP contribution in [0.25, 0.3) is 0 Å². The minimum atomic E-state index is -3.20. The summed E-state index contributed by atoms with van der Waals surface area (Å²) in [6, 6.07) is 0. The Morgan fingerprint density at radius 2 is 2.00 bits per heavy atom. The molecule has 1 rings (SSSR count). The van der Waals surface area contributed by atoms with Gasteiger partial charge in [-0.1, -0.05) is 6.92 Å². The molecule has 0 saturated heterocycles. The van der Waals surface area contributed by atoms with Crippen molar-refractivity contribution in [2.45, 2.75) is 31.7 Å². The van der Waals surface area contributed by atoms with E-state index in [1.165, 1.54) is 6.42 Å². The number of hydrogen-bond acceptors (Lipinski definition) is 3. The second kappa shape index (κ2) is 5.87. The fourth-order valence-electron chi connectivity index (χ4n) is 2.09. The van der Waals surface area contributed by atoms with Crippen LogP contribution in [-0.4, -0.2) is 51.1 Å². The van der Waals surface area contributed by atoms with Gasteiger partial charge in [0, 0.05) is 18.0 Å². The molecule has 0 radical (unpaired) electrons. The standard InChI is InChI=1S/C11H23ClN2O2S/c1-10(7-12)8-17(15,16)13-9-11(14(2)3)5-4-6-11/h10,13H,4-9H2,1-3H3. The summed E-state index contributed by atoms with van der Waals surface area (Å²) in [5, 5.41) is 0. The Hall–Kier alpha value is 0.160. The molecule has 1 atom stereocenters. The summed E-state index contributed by atoms with van der Waals surface area (Å²) in [5.41, 5.74) is 0.0251. The number of hydrogen-bond donors (Lipinski definition) is 1. The van der Waals surface area contributed by atoms with Gasteiger partial charge in [-0.15, -0.1) is 11.6 Å². The molecule has 0 aromatic carbocycles.